The Morgan fingerprint density at radius 3 is 2.58 bits per heavy atom. The largest absolute Gasteiger partial charge is 0.399 e. The quantitative estimate of drug-likeness (QED) is 0.764. The van der Waals surface area contributed by atoms with Gasteiger partial charge in [0, 0.05) is 23.7 Å². The molecule has 0 saturated heterocycles. The first kappa shape index (κ1) is 12.2. The molecule has 0 aromatic heterocycles. The van der Waals surface area contributed by atoms with Gasteiger partial charge in [-0.1, -0.05) is 36.4 Å². The van der Waals surface area contributed by atoms with Gasteiger partial charge in [-0.2, -0.15) is 0 Å². The van der Waals surface area contributed by atoms with E-state index in [-0.39, 0.29) is 5.54 Å². The minimum Gasteiger partial charge on any atom is -0.399 e. The van der Waals surface area contributed by atoms with E-state index in [1.165, 1.54) is 16.7 Å². The van der Waals surface area contributed by atoms with Crippen LogP contribution >= 0.6 is 0 Å². The highest BCUT2D eigenvalue weighted by Crippen LogP contribution is 2.40. The Labute approximate surface area is 114 Å². The van der Waals surface area contributed by atoms with Crippen molar-refractivity contribution in [2.24, 2.45) is 0 Å². The van der Waals surface area contributed by atoms with Crippen LogP contribution in [0.4, 0.5) is 5.69 Å². The van der Waals surface area contributed by atoms with Crippen LogP contribution in [-0.4, -0.2) is 5.54 Å². The normalized spacial score (nSPS) is 20.8. The fourth-order valence-corrected chi connectivity index (χ4v) is 3.12. The van der Waals surface area contributed by atoms with Gasteiger partial charge in [-0.15, -0.1) is 0 Å². The Morgan fingerprint density at radius 1 is 1.11 bits per heavy atom. The van der Waals surface area contributed by atoms with Crippen LogP contribution in [0.3, 0.4) is 0 Å². The summed E-state index contributed by atoms with van der Waals surface area (Å²) in [5, 5.41) is 3.63. The van der Waals surface area contributed by atoms with Crippen LogP contribution in [-0.2, 0) is 6.54 Å². The lowest BCUT2D eigenvalue weighted by Gasteiger charge is -2.41. The van der Waals surface area contributed by atoms with Crippen LogP contribution in [0.2, 0.25) is 0 Å². The minimum atomic E-state index is 0.0461. The van der Waals surface area contributed by atoms with E-state index in [1.807, 2.05) is 6.07 Å². The predicted molar refractivity (Wildman–Crippen MR) is 80.1 cm³/mol. The Kier molecular flexibility index (Phi) is 2.83. The third kappa shape index (κ3) is 2.13. The number of rotatable bonds is 1. The molecule has 2 aromatic carbocycles. The molecule has 0 spiro atoms. The Balaban J connectivity index is 2.16. The van der Waals surface area contributed by atoms with E-state index in [4.69, 9.17) is 5.73 Å². The van der Waals surface area contributed by atoms with Gasteiger partial charge in [0.1, 0.15) is 0 Å². The number of nitrogens with one attached hydrogen (secondary N) is 1. The Hall–Kier alpha value is -1.80. The van der Waals surface area contributed by atoms with Crippen molar-refractivity contribution in [2.75, 3.05) is 5.73 Å². The maximum Gasteiger partial charge on any atom is 0.0317 e. The van der Waals surface area contributed by atoms with Crippen LogP contribution < -0.4 is 11.1 Å². The molecule has 0 bridgehead atoms. The van der Waals surface area contributed by atoms with Crippen LogP contribution in [0.25, 0.3) is 0 Å². The average molecular weight is 252 g/mol. The number of nitrogens with two attached hydrogens (primary N) is 1. The number of benzene rings is 2. The van der Waals surface area contributed by atoms with Crippen LogP contribution in [0.5, 0.6) is 0 Å². The zero-order chi connectivity index (χ0) is 13.5. The maximum absolute atomic E-state index is 5.91. The molecule has 3 N–H and O–H groups in total. The van der Waals surface area contributed by atoms with Gasteiger partial charge in [0.2, 0.25) is 0 Å². The van der Waals surface area contributed by atoms with E-state index >= 15 is 0 Å². The first-order chi connectivity index (χ1) is 9.08. The Morgan fingerprint density at radius 2 is 1.84 bits per heavy atom. The number of hydrogen-bond acceptors (Lipinski definition) is 2. The summed E-state index contributed by atoms with van der Waals surface area (Å²) >= 11 is 0. The minimum absolute atomic E-state index is 0.0461. The number of hydrogen-bond donors (Lipinski definition) is 2. The first-order valence-electron chi connectivity index (χ1n) is 6.76. The fourth-order valence-electron chi connectivity index (χ4n) is 3.12. The second kappa shape index (κ2) is 4.39. The lowest BCUT2D eigenvalue weighted by atomic mass is 9.73. The highest BCUT2D eigenvalue weighted by atomic mass is 15.0. The van der Waals surface area contributed by atoms with E-state index < -0.39 is 0 Å². The van der Waals surface area contributed by atoms with Crippen LogP contribution in [0.1, 0.15) is 36.5 Å². The number of fused-ring (bicyclic) bond motifs is 1. The Bertz CT molecular complexity index is 587. The van der Waals surface area contributed by atoms with Crippen molar-refractivity contribution in [3.8, 4) is 0 Å². The van der Waals surface area contributed by atoms with Crippen LogP contribution in [0.15, 0.2) is 48.5 Å². The molecular weight excluding hydrogens is 232 g/mol. The molecule has 0 saturated carbocycles. The van der Waals surface area contributed by atoms with Gasteiger partial charge >= 0.3 is 0 Å². The van der Waals surface area contributed by atoms with Gasteiger partial charge in [0.25, 0.3) is 0 Å². The fraction of sp³-hybridized carbons (Fsp3) is 0.294. The zero-order valence-electron chi connectivity index (χ0n) is 11.5. The van der Waals surface area contributed by atoms with Crippen molar-refractivity contribution in [1.29, 1.82) is 0 Å². The molecule has 2 heteroatoms. The second-order valence-corrected chi connectivity index (χ2v) is 5.88. The van der Waals surface area contributed by atoms with E-state index in [0.717, 1.165) is 12.2 Å². The van der Waals surface area contributed by atoms with E-state index in [1.54, 1.807) is 0 Å². The van der Waals surface area contributed by atoms with Gasteiger partial charge in [0.15, 0.2) is 0 Å². The average Bonchev–Trinajstić information content (AvgIpc) is 2.39. The number of nitrogen functional groups attached to an aromatic ring is 1. The molecular formula is C17H20N2. The molecule has 1 unspecified atom stereocenters. The summed E-state index contributed by atoms with van der Waals surface area (Å²) in [6.45, 7) is 5.42. The second-order valence-electron chi connectivity index (χ2n) is 5.88. The molecule has 3 rings (SSSR count). The predicted octanol–water partition coefficient (Wildman–Crippen LogP) is 3.28. The summed E-state index contributed by atoms with van der Waals surface area (Å²) < 4.78 is 0. The first-order valence-corrected chi connectivity index (χ1v) is 6.76. The van der Waals surface area contributed by atoms with Gasteiger partial charge < -0.3 is 11.1 Å². The molecule has 1 aliphatic heterocycles. The van der Waals surface area contributed by atoms with Crippen molar-refractivity contribution >= 4 is 5.69 Å². The van der Waals surface area contributed by atoms with Crippen molar-refractivity contribution in [2.45, 2.75) is 31.8 Å². The molecule has 1 aliphatic rings. The molecule has 2 aromatic rings. The zero-order valence-corrected chi connectivity index (χ0v) is 11.5. The summed E-state index contributed by atoms with van der Waals surface area (Å²) in [6.07, 6.45) is 0. The molecule has 98 valence electrons. The molecule has 19 heavy (non-hydrogen) atoms. The van der Waals surface area contributed by atoms with E-state index in [9.17, 15) is 0 Å². The molecule has 0 amide bonds. The lowest BCUT2D eigenvalue weighted by molar-refractivity contribution is 0.324. The third-order valence-corrected chi connectivity index (χ3v) is 4.07. The SMILES string of the molecule is CC1(C)NCc2cc(N)ccc2C1c1ccccc1. The van der Waals surface area contributed by atoms with Crippen molar-refractivity contribution in [1.82, 2.24) is 5.32 Å². The number of anilines is 1. The lowest BCUT2D eigenvalue weighted by Crippen LogP contribution is -2.48. The molecule has 2 nitrogen and oxygen atoms in total. The van der Waals surface area contributed by atoms with Crippen molar-refractivity contribution in [3.63, 3.8) is 0 Å². The van der Waals surface area contributed by atoms with Crippen molar-refractivity contribution in [3.05, 3.63) is 65.2 Å². The molecule has 0 aliphatic carbocycles. The molecule has 0 radical (unpaired) electrons. The summed E-state index contributed by atoms with van der Waals surface area (Å²) in [7, 11) is 0. The monoisotopic (exact) mass is 252 g/mol. The van der Waals surface area contributed by atoms with Gasteiger partial charge in [0.05, 0.1) is 0 Å². The van der Waals surface area contributed by atoms with Gasteiger partial charge in [-0.25, -0.2) is 0 Å². The summed E-state index contributed by atoms with van der Waals surface area (Å²) in [5.41, 5.74) is 10.9. The highest BCUT2D eigenvalue weighted by molar-refractivity contribution is 5.50. The van der Waals surface area contributed by atoms with Crippen LogP contribution in [0, 0.1) is 0 Å². The van der Waals surface area contributed by atoms with Gasteiger partial charge in [-0.05, 0) is 42.7 Å². The van der Waals surface area contributed by atoms with Gasteiger partial charge in [-0.3, -0.25) is 0 Å². The molecule has 0 fully saturated rings. The van der Waals surface area contributed by atoms with Crippen molar-refractivity contribution < 1.29 is 0 Å². The highest BCUT2D eigenvalue weighted by Gasteiger charge is 2.36. The smallest absolute Gasteiger partial charge is 0.0317 e. The maximum atomic E-state index is 5.91. The topological polar surface area (TPSA) is 38.0 Å². The standard InChI is InChI=1S/C17H20N2/c1-17(2)16(12-6-4-3-5-7-12)15-9-8-14(18)10-13(15)11-19-17/h3-10,16,19H,11,18H2,1-2H3. The summed E-state index contributed by atoms with van der Waals surface area (Å²) in [4.78, 5) is 0. The van der Waals surface area contributed by atoms with E-state index in [0.29, 0.717) is 5.92 Å². The third-order valence-electron chi connectivity index (χ3n) is 4.07. The van der Waals surface area contributed by atoms with E-state index in [2.05, 4.69) is 61.6 Å². The molecule has 1 atom stereocenters. The molecule has 1 heterocycles. The summed E-state index contributed by atoms with van der Waals surface area (Å²) in [5.74, 6) is 0.359. The summed E-state index contributed by atoms with van der Waals surface area (Å²) in [6, 6.07) is 17.0.